The predicted molar refractivity (Wildman–Crippen MR) is 64.7 cm³/mol. The molecule has 0 amide bonds. The van der Waals surface area contributed by atoms with E-state index in [-0.39, 0.29) is 11.6 Å². The van der Waals surface area contributed by atoms with E-state index in [2.05, 4.69) is 4.99 Å². The summed E-state index contributed by atoms with van der Waals surface area (Å²) in [6.07, 6.45) is 4.73. The Hall–Kier alpha value is -1.48. The fraction of sp³-hybridized carbons (Fsp3) is 0.500. The van der Waals surface area contributed by atoms with Gasteiger partial charge in [-0.1, -0.05) is 24.3 Å². The van der Waals surface area contributed by atoms with Crippen LogP contribution in [0.5, 0.6) is 0 Å². The largest absolute Gasteiger partial charge is 0.352 e. The molecule has 2 fully saturated rings. The van der Waals surface area contributed by atoms with Crippen molar-refractivity contribution in [3.63, 3.8) is 0 Å². The highest BCUT2D eigenvalue weighted by Gasteiger charge is 2.38. The van der Waals surface area contributed by atoms with E-state index in [1.54, 1.807) is 6.08 Å². The van der Waals surface area contributed by atoms with Gasteiger partial charge in [0.15, 0.2) is 0 Å². The minimum atomic E-state index is -0.312. The molecule has 0 aromatic heterocycles. The first kappa shape index (κ1) is 11.6. The van der Waals surface area contributed by atoms with Gasteiger partial charge in [0.2, 0.25) is 6.08 Å². The molecular formula is C14H15NO3. The van der Waals surface area contributed by atoms with Gasteiger partial charge in [0.05, 0.1) is 12.1 Å². The normalized spacial score (nSPS) is 25.2. The molecule has 1 saturated carbocycles. The number of aliphatic imine (C=N–C) groups is 1. The van der Waals surface area contributed by atoms with Crippen LogP contribution in [0.25, 0.3) is 0 Å². The average molecular weight is 245 g/mol. The Balaban J connectivity index is 1.84. The van der Waals surface area contributed by atoms with Crippen LogP contribution < -0.4 is 0 Å². The van der Waals surface area contributed by atoms with Gasteiger partial charge >= 0.3 is 0 Å². The highest BCUT2D eigenvalue weighted by atomic mass is 16.7. The predicted octanol–water partition coefficient (Wildman–Crippen LogP) is 2.45. The zero-order valence-corrected chi connectivity index (χ0v) is 10.1. The van der Waals surface area contributed by atoms with Crippen LogP contribution in [0.2, 0.25) is 0 Å². The van der Waals surface area contributed by atoms with Crippen molar-refractivity contribution in [2.45, 2.75) is 30.9 Å². The Morgan fingerprint density at radius 2 is 2.06 bits per heavy atom. The fourth-order valence-electron chi connectivity index (χ4n) is 2.60. The smallest absolute Gasteiger partial charge is 0.235 e. The minimum Gasteiger partial charge on any atom is -0.352 e. The number of carbonyl (C=O) groups excluding carboxylic acids is 1. The Morgan fingerprint density at radius 1 is 1.28 bits per heavy atom. The Bertz CT molecular complexity index is 466. The number of benzene rings is 1. The summed E-state index contributed by atoms with van der Waals surface area (Å²) < 4.78 is 10.6. The molecule has 1 aromatic rings. The second kappa shape index (κ2) is 4.65. The zero-order chi connectivity index (χ0) is 12.4. The first-order valence-electron chi connectivity index (χ1n) is 6.23. The lowest BCUT2D eigenvalue weighted by Gasteiger charge is -2.37. The Kier molecular flexibility index (Phi) is 3.00. The van der Waals surface area contributed by atoms with Crippen molar-refractivity contribution in [1.82, 2.24) is 0 Å². The second-order valence-corrected chi connectivity index (χ2v) is 4.85. The summed E-state index contributed by atoms with van der Waals surface area (Å²) in [6.45, 7) is 0.975. The van der Waals surface area contributed by atoms with Gasteiger partial charge in [-0.2, -0.15) is 4.99 Å². The van der Waals surface area contributed by atoms with E-state index in [9.17, 15) is 4.79 Å². The van der Waals surface area contributed by atoms with Gasteiger partial charge in [0, 0.05) is 0 Å². The van der Waals surface area contributed by atoms with Crippen LogP contribution in [0.1, 0.15) is 36.5 Å². The van der Waals surface area contributed by atoms with E-state index in [0.717, 1.165) is 30.4 Å². The van der Waals surface area contributed by atoms with Gasteiger partial charge in [0.25, 0.3) is 0 Å². The molecule has 0 radical (unpaired) electrons. The summed E-state index contributed by atoms with van der Waals surface area (Å²) >= 11 is 0. The number of hydrogen-bond donors (Lipinski definition) is 0. The molecule has 2 aliphatic rings. The van der Waals surface area contributed by atoms with Gasteiger partial charge in [-0.05, 0) is 30.4 Å². The second-order valence-electron chi connectivity index (χ2n) is 4.85. The van der Waals surface area contributed by atoms with Crippen LogP contribution in [0.4, 0.5) is 0 Å². The van der Waals surface area contributed by atoms with Crippen molar-refractivity contribution in [2.24, 2.45) is 4.99 Å². The number of rotatable bonds is 3. The maximum absolute atomic E-state index is 10.5. The van der Waals surface area contributed by atoms with Crippen LogP contribution >= 0.6 is 0 Å². The summed E-state index contributed by atoms with van der Waals surface area (Å²) in [5.41, 5.74) is 1.90. The Morgan fingerprint density at radius 3 is 2.56 bits per heavy atom. The Labute approximate surface area is 106 Å². The minimum absolute atomic E-state index is 0.0333. The standard InChI is InChI=1S/C14H15NO3/c16-9-15-14(6-1-7-14)12-4-2-11(3-5-12)13-8-17-10-18-13/h2-5,13H,1,6-8,10H2. The van der Waals surface area contributed by atoms with E-state index >= 15 is 0 Å². The monoisotopic (exact) mass is 245 g/mol. The van der Waals surface area contributed by atoms with Crippen molar-refractivity contribution in [3.05, 3.63) is 35.4 Å². The van der Waals surface area contributed by atoms with E-state index in [0.29, 0.717) is 13.4 Å². The highest BCUT2D eigenvalue weighted by Crippen LogP contribution is 2.44. The molecule has 1 aliphatic carbocycles. The van der Waals surface area contributed by atoms with Gasteiger partial charge < -0.3 is 9.47 Å². The van der Waals surface area contributed by atoms with Gasteiger partial charge in [-0.25, -0.2) is 4.79 Å². The summed E-state index contributed by atoms with van der Waals surface area (Å²) in [4.78, 5) is 14.5. The number of ether oxygens (including phenoxy) is 2. The van der Waals surface area contributed by atoms with E-state index in [1.807, 2.05) is 24.3 Å². The van der Waals surface area contributed by atoms with Crippen LogP contribution in [0, 0.1) is 0 Å². The van der Waals surface area contributed by atoms with Crippen LogP contribution in [0.15, 0.2) is 29.3 Å². The highest BCUT2D eigenvalue weighted by molar-refractivity contribution is 5.40. The quantitative estimate of drug-likeness (QED) is 0.607. The van der Waals surface area contributed by atoms with Crippen LogP contribution in [-0.2, 0) is 19.8 Å². The summed E-state index contributed by atoms with van der Waals surface area (Å²) in [5.74, 6) is 0. The van der Waals surface area contributed by atoms with Gasteiger partial charge in [-0.15, -0.1) is 0 Å². The molecule has 1 unspecified atom stereocenters. The van der Waals surface area contributed by atoms with Crippen molar-refractivity contribution in [1.29, 1.82) is 0 Å². The van der Waals surface area contributed by atoms with Crippen molar-refractivity contribution >= 4 is 6.08 Å². The molecule has 0 spiro atoms. The first-order chi connectivity index (χ1) is 8.84. The molecule has 4 heteroatoms. The fourth-order valence-corrected chi connectivity index (χ4v) is 2.60. The van der Waals surface area contributed by atoms with Crippen LogP contribution in [0.3, 0.4) is 0 Å². The van der Waals surface area contributed by atoms with Crippen LogP contribution in [-0.4, -0.2) is 19.5 Å². The lowest BCUT2D eigenvalue weighted by atomic mass is 9.72. The third-order valence-electron chi connectivity index (χ3n) is 3.88. The van der Waals surface area contributed by atoms with E-state index < -0.39 is 0 Å². The van der Waals surface area contributed by atoms with Gasteiger partial charge in [0.1, 0.15) is 12.9 Å². The molecule has 1 aromatic carbocycles. The van der Waals surface area contributed by atoms with E-state index in [4.69, 9.17) is 9.47 Å². The molecule has 4 nitrogen and oxygen atoms in total. The maximum atomic E-state index is 10.5. The number of hydrogen-bond acceptors (Lipinski definition) is 4. The third kappa shape index (κ3) is 1.89. The van der Waals surface area contributed by atoms with E-state index in [1.165, 1.54) is 0 Å². The molecule has 3 rings (SSSR count). The molecule has 1 aliphatic heterocycles. The first-order valence-corrected chi connectivity index (χ1v) is 6.23. The molecule has 0 N–H and O–H groups in total. The summed E-state index contributed by atoms with van der Waals surface area (Å²) in [6, 6.07) is 8.15. The van der Waals surface area contributed by atoms with Crippen molar-refractivity contribution in [2.75, 3.05) is 13.4 Å². The molecule has 1 heterocycles. The molecule has 1 saturated heterocycles. The molecule has 18 heavy (non-hydrogen) atoms. The SMILES string of the molecule is O=C=NC1(c2ccc(C3COCO3)cc2)CCC1. The molecular weight excluding hydrogens is 230 g/mol. The maximum Gasteiger partial charge on any atom is 0.235 e. The number of isocyanates is 1. The lowest BCUT2D eigenvalue weighted by molar-refractivity contribution is 0.0466. The third-order valence-corrected chi connectivity index (χ3v) is 3.88. The summed E-state index contributed by atoms with van der Waals surface area (Å²) in [5, 5.41) is 0. The van der Waals surface area contributed by atoms with Crippen molar-refractivity contribution < 1.29 is 14.3 Å². The zero-order valence-electron chi connectivity index (χ0n) is 10.1. The average Bonchev–Trinajstić information content (AvgIpc) is 2.88. The molecule has 1 atom stereocenters. The lowest BCUT2D eigenvalue weighted by Crippen LogP contribution is -2.31. The topological polar surface area (TPSA) is 47.9 Å². The van der Waals surface area contributed by atoms with Crippen molar-refractivity contribution in [3.8, 4) is 0 Å². The molecule has 94 valence electrons. The molecule has 0 bridgehead atoms. The summed E-state index contributed by atoms with van der Waals surface area (Å²) in [7, 11) is 0. The van der Waals surface area contributed by atoms with Gasteiger partial charge in [-0.3, -0.25) is 0 Å². The number of nitrogens with zero attached hydrogens (tertiary/aromatic N) is 1.